The van der Waals surface area contributed by atoms with E-state index in [2.05, 4.69) is 26.7 Å². The van der Waals surface area contributed by atoms with Crippen molar-refractivity contribution in [3.63, 3.8) is 0 Å². The topological polar surface area (TPSA) is 81.4 Å². The highest BCUT2D eigenvalue weighted by Crippen LogP contribution is 2.24. The maximum absolute atomic E-state index is 12.7. The summed E-state index contributed by atoms with van der Waals surface area (Å²) in [6, 6.07) is 5.51. The minimum absolute atomic E-state index is 0.0499. The third-order valence-electron chi connectivity index (χ3n) is 5.46. The molecule has 1 N–H and O–H groups in total. The summed E-state index contributed by atoms with van der Waals surface area (Å²) in [5, 5.41) is 5.37. The number of fused-ring (bicyclic) bond motifs is 1. The molecule has 0 atom stereocenters. The summed E-state index contributed by atoms with van der Waals surface area (Å²) in [6.45, 7) is 6.80. The van der Waals surface area contributed by atoms with Crippen molar-refractivity contribution in [2.75, 3.05) is 45.8 Å². The number of guanidine groups is 1. The van der Waals surface area contributed by atoms with Gasteiger partial charge in [-0.05, 0) is 42.5 Å². The Bertz CT molecular complexity index is 900. The molecule has 2 aliphatic rings. The molecule has 0 aliphatic carbocycles. The van der Waals surface area contributed by atoms with Crippen molar-refractivity contribution in [2.24, 2.45) is 4.99 Å². The van der Waals surface area contributed by atoms with Crippen molar-refractivity contribution in [3.05, 3.63) is 46.0 Å². The van der Waals surface area contributed by atoms with Gasteiger partial charge in [-0.25, -0.2) is 4.99 Å². The molecule has 0 spiro atoms. The molecular weight excluding hydrogens is 402 g/mol. The zero-order valence-electron chi connectivity index (χ0n) is 17.2. The molecule has 0 unspecified atom stereocenters. The fraction of sp³-hybridized carbons (Fsp3) is 0.476. The number of carbonyl (C=O) groups is 2. The molecule has 0 saturated carbocycles. The summed E-state index contributed by atoms with van der Waals surface area (Å²) >= 11 is 1.77. The number of piperazine rings is 1. The Labute approximate surface area is 180 Å². The van der Waals surface area contributed by atoms with Crippen molar-refractivity contribution in [3.8, 4) is 0 Å². The molecule has 2 aromatic rings. The highest BCUT2D eigenvalue weighted by atomic mass is 32.1. The molecular formula is C21H27N5O3S. The molecule has 2 aliphatic heterocycles. The number of thiophene rings is 1. The largest absolute Gasteiger partial charge is 0.459 e. The highest BCUT2D eigenvalue weighted by Gasteiger charge is 2.26. The van der Waals surface area contributed by atoms with Crippen molar-refractivity contribution in [1.29, 1.82) is 0 Å². The van der Waals surface area contributed by atoms with Crippen LogP contribution in [0.25, 0.3) is 0 Å². The van der Waals surface area contributed by atoms with E-state index in [1.165, 1.54) is 16.7 Å². The first-order valence-electron chi connectivity index (χ1n) is 10.3. The van der Waals surface area contributed by atoms with E-state index in [9.17, 15) is 9.59 Å². The van der Waals surface area contributed by atoms with Crippen LogP contribution in [-0.2, 0) is 17.8 Å². The van der Waals surface area contributed by atoms with Gasteiger partial charge in [0.25, 0.3) is 5.91 Å². The molecule has 4 heterocycles. The fourth-order valence-corrected chi connectivity index (χ4v) is 4.70. The smallest absolute Gasteiger partial charge is 0.289 e. The number of nitrogens with zero attached hydrogens (tertiary/aromatic N) is 4. The van der Waals surface area contributed by atoms with Gasteiger partial charge in [-0.15, -0.1) is 11.3 Å². The Morgan fingerprint density at radius 3 is 2.67 bits per heavy atom. The van der Waals surface area contributed by atoms with Crippen LogP contribution in [0.15, 0.2) is 39.3 Å². The number of hydrogen-bond donors (Lipinski definition) is 1. The van der Waals surface area contributed by atoms with Gasteiger partial charge in [0, 0.05) is 50.7 Å². The van der Waals surface area contributed by atoms with Crippen molar-refractivity contribution in [2.45, 2.75) is 19.9 Å². The average Bonchev–Trinajstić information content (AvgIpc) is 3.47. The first-order valence-corrected chi connectivity index (χ1v) is 11.2. The van der Waals surface area contributed by atoms with Crippen LogP contribution in [0.3, 0.4) is 0 Å². The monoisotopic (exact) mass is 429 g/mol. The molecule has 0 bridgehead atoms. The third-order valence-corrected chi connectivity index (χ3v) is 6.48. The summed E-state index contributed by atoms with van der Waals surface area (Å²) in [4.78, 5) is 36.9. The Morgan fingerprint density at radius 2 is 1.93 bits per heavy atom. The summed E-state index contributed by atoms with van der Waals surface area (Å²) < 4.78 is 5.22. The number of aliphatic imine (C=N–C) groups is 1. The standard InChI is InChI=1S/C21H27N5O3S/c1-2-22-21(23-14-19(27)26-7-5-18-16(15-26)6-13-30-18)25-10-8-24(9-11-25)20(28)17-4-3-12-29-17/h3-4,6,12-13H,2,5,7-11,14-15H2,1H3,(H,22,23). The van der Waals surface area contributed by atoms with E-state index in [0.29, 0.717) is 38.5 Å². The number of amides is 2. The highest BCUT2D eigenvalue weighted by molar-refractivity contribution is 7.10. The second-order valence-corrected chi connectivity index (χ2v) is 8.36. The second-order valence-electron chi connectivity index (χ2n) is 7.36. The molecule has 30 heavy (non-hydrogen) atoms. The van der Waals surface area contributed by atoms with Crippen LogP contribution >= 0.6 is 11.3 Å². The summed E-state index contributed by atoms with van der Waals surface area (Å²) in [6.07, 6.45) is 2.44. The Balaban J connectivity index is 1.33. The van der Waals surface area contributed by atoms with Crippen molar-refractivity contribution >= 4 is 29.1 Å². The predicted molar refractivity (Wildman–Crippen MR) is 116 cm³/mol. The lowest BCUT2D eigenvalue weighted by Crippen LogP contribution is -2.54. The minimum atomic E-state index is -0.0883. The summed E-state index contributed by atoms with van der Waals surface area (Å²) in [5.41, 5.74) is 1.26. The van der Waals surface area contributed by atoms with E-state index in [4.69, 9.17) is 4.42 Å². The lowest BCUT2D eigenvalue weighted by atomic mass is 10.1. The van der Waals surface area contributed by atoms with Gasteiger partial charge >= 0.3 is 0 Å². The first-order chi connectivity index (χ1) is 14.7. The average molecular weight is 430 g/mol. The van der Waals surface area contributed by atoms with Crippen LogP contribution in [0.1, 0.15) is 27.9 Å². The second kappa shape index (κ2) is 9.34. The van der Waals surface area contributed by atoms with Gasteiger partial charge in [0.15, 0.2) is 11.7 Å². The number of hydrogen-bond acceptors (Lipinski definition) is 5. The molecule has 1 fully saturated rings. The van der Waals surface area contributed by atoms with E-state index in [-0.39, 0.29) is 18.4 Å². The zero-order chi connectivity index (χ0) is 20.9. The molecule has 0 aromatic carbocycles. The van der Waals surface area contributed by atoms with Crippen molar-refractivity contribution < 1.29 is 14.0 Å². The summed E-state index contributed by atoms with van der Waals surface area (Å²) in [7, 11) is 0. The van der Waals surface area contributed by atoms with Gasteiger partial charge in [0.05, 0.1) is 6.26 Å². The maximum atomic E-state index is 12.7. The molecule has 4 rings (SSSR count). The fourth-order valence-electron chi connectivity index (χ4n) is 3.81. The molecule has 8 nitrogen and oxygen atoms in total. The zero-order valence-corrected chi connectivity index (χ0v) is 18.0. The first kappa shape index (κ1) is 20.5. The lowest BCUT2D eigenvalue weighted by molar-refractivity contribution is -0.130. The van der Waals surface area contributed by atoms with E-state index in [1.54, 1.807) is 28.4 Å². The van der Waals surface area contributed by atoms with Crippen LogP contribution in [0, 0.1) is 0 Å². The minimum Gasteiger partial charge on any atom is -0.459 e. The van der Waals surface area contributed by atoms with Crippen LogP contribution in [0.2, 0.25) is 0 Å². The SMILES string of the molecule is CCNC(=NCC(=O)N1CCc2sccc2C1)N1CCN(C(=O)c2ccco2)CC1. The Kier molecular flexibility index (Phi) is 6.37. The van der Waals surface area contributed by atoms with Gasteiger partial charge < -0.3 is 24.4 Å². The normalized spacial score (nSPS) is 17.1. The van der Waals surface area contributed by atoms with Gasteiger partial charge in [-0.3, -0.25) is 9.59 Å². The number of furan rings is 1. The lowest BCUT2D eigenvalue weighted by Gasteiger charge is -2.36. The van der Waals surface area contributed by atoms with Gasteiger partial charge in [-0.2, -0.15) is 0 Å². The molecule has 2 amide bonds. The number of nitrogens with one attached hydrogen (secondary N) is 1. The van der Waals surface area contributed by atoms with Crippen molar-refractivity contribution in [1.82, 2.24) is 20.0 Å². The predicted octanol–water partition coefficient (Wildman–Crippen LogP) is 1.65. The molecule has 0 radical (unpaired) electrons. The van der Waals surface area contributed by atoms with E-state index in [1.807, 2.05) is 11.8 Å². The summed E-state index contributed by atoms with van der Waals surface area (Å²) in [5.74, 6) is 1.05. The Hall–Kier alpha value is -2.81. The molecule has 2 aromatic heterocycles. The third kappa shape index (κ3) is 4.51. The Morgan fingerprint density at radius 1 is 1.13 bits per heavy atom. The van der Waals surface area contributed by atoms with E-state index in [0.717, 1.165) is 25.5 Å². The maximum Gasteiger partial charge on any atom is 0.289 e. The van der Waals surface area contributed by atoms with Gasteiger partial charge in [0.1, 0.15) is 6.54 Å². The van der Waals surface area contributed by atoms with Gasteiger partial charge in [0.2, 0.25) is 5.91 Å². The van der Waals surface area contributed by atoms with Gasteiger partial charge in [-0.1, -0.05) is 0 Å². The quantitative estimate of drug-likeness (QED) is 0.590. The number of rotatable bonds is 4. The molecule has 1 saturated heterocycles. The van der Waals surface area contributed by atoms with Crippen LogP contribution in [0.5, 0.6) is 0 Å². The number of carbonyl (C=O) groups excluding carboxylic acids is 2. The van der Waals surface area contributed by atoms with Crippen LogP contribution in [0.4, 0.5) is 0 Å². The van der Waals surface area contributed by atoms with E-state index >= 15 is 0 Å². The molecule has 160 valence electrons. The van der Waals surface area contributed by atoms with E-state index < -0.39 is 0 Å². The van der Waals surface area contributed by atoms with Crippen LogP contribution < -0.4 is 5.32 Å². The molecule has 9 heteroatoms. The van der Waals surface area contributed by atoms with Crippen LogP contribution in [-0.4, -0.2) is 78.3 Å².